The molecule has 0 amide bonds. The third-order valence-corrected chi connectivity index (χ3v) is 5.10. The predicted octanol–water partition coefficient (Wildman–Crippen LogP) is 4.09. The van der Waals surface area contributed by atoms with E-state index in [4.69, 9.17) is 10.5 Å². The van der Waals surface area contributed by atoms with Gasteiger partial charge in [0.2, 0.25) is 0 Å². The summed E-state index contributed by atoms with van der Waals surface area (Å²) in [5.74, 6) is -5.23. The molecule has 0 radical (unpaired) electrons. The van der Waals surface area contributed by atoms with Crippen LogP contribution in [-0.2, 0) is 4.74 Å². The maximum Gasteiger partial charge on any atom is 0.339 e. The summed E-state index contributed by atoms with van der Waals surface area (Å²) in [6.45, 7) is -0.0881. The second-order valence-electron chi connectivity index (χ2n) is 6.40. The number of benzene rings is 3. The van der Waals surface area contributed by atoms with Crippen molar-refractivity contribution < 1.29 is 18.3 Å². The quantitative estimate of drug-likeness (QED) is 0.577. The van der Waals surface area contributed by atoms with Crippen LogP contribution in [0.1, 0.15) is 21.8 Å². The highest BCUT2D eigenvalue weighted by Crippen LogP contribution is 2.62. The predicted molar refractivity (Wildman–Crippen MR) is 93.0 cm³/mol. The van der Waals surface area contributed by atoms with Crippen LogP contribution in [0.2, 0.25) is 0 Å². The van der Waals surface area contributed by atoms with Gasteiger partial charge in [-0.3, -0.25) is 0 Å². The van der Waals surface area contributed by atoms with Gasteiger partial charge in [0, 0.05) is 17.8 Å². The van der Waals surface area contributed by atoms with Gasteiger partial charge in [-0.25, -0.2) is 13.6 Å². The second kappa shape index (κ2) is 5.49. The van der Waals surface area contributed by atoms with Gasteiger partial charge in [-0.05, 0) is 27.8 Å². The molecule has 128 valence electrons. The first-order valence-electron chi connectivity index (χ1n) is 8.11. The Hall–Kier alpha value is -2.53. The van der Waals surface area contributed by atoms with E-state index in [9.17, 15) is 13.6 Å². The van der Waals surface area contributed by atoms with Crippen LogP contribution in [0.3, 0.4) is 0 Å². The van der Waals surface area contributed by atoms with Crippen LogP contribution in [0.5, 0.6) is 0 Å². The first kappa shape index (κ1) is 16.0. The maximum atomic E-state index is 14.2. The second-order valence-corrected chi connectivity index (χ2v) is 6.40. The lowest BCUT2D eigenvalue weighted by atomic mass is 9.91. The summed E-state index contributed by atoms with van der Waals surface area (Å²) >= 11 is 0. The number of carbonyl (C=O) groups is 1. The SMILES string of the molecule is COC(=O)c1c2ccccc2cc2cccc(C3C(CN)C3(F)F)c12. The largest absolute Gasteiger partial charge is 0.465 e. The number of fused-ring (bicyclic) bond motifs is 2. The number of methoxy groups -OCH3 is 1. The van der Waals surface area contributed by atoms with Gasteiger partial charge in [-0.15, -0.1) is 0 Å². The Labute approximate surface area is 143 Å². The molecule has 2 N–H and O–H groups in total. The molecule has 0 spiro atoms. The zero-order valence-corrected chi connectivity index (χ0v) is 13.6. The molecule has 0 saturated heterocycles. The Kier molecular flexibility index (Phi) is 3.51. The third-order valence-electron chi connectivity index (χ3n) is 5.10. The number of hydrogen-bond acceptors (Lipinski definition) is 3. The van der Waals surface area contributed by atoms with Crippen molar-refractivity contribution in [3.8, 4) is 0 Å². The third kappa shape index (κ3) is 2.23. The average Bonchev–Trinajstić information content (AvgIpc) is 3.19. The lowest BCUT2D eigenvalue weighted by molar-refractivity contribution is 0.0604. The van der Waals surface area contributed by atoms with E-state index in [1.807, 2.05) is 36.4 Å². The van der Waals surface area contributed by atoms with E-state index in [1.54, 1.807) is 12.1 Å². The van der Waals surface area contributed by atoms with E-state index in [0.29, 0.717) is 21.9 Å². The highest BCUT2D eigenvalue weighted by molar-refractivity contribution is 6.17. The topological polar surface area (TPSA) is 52.3 Å². The lowest BCUT2D eigenvalue weighted by Crippen LogP contribution is -2.06. The molecule has 2 unspecified atom stereocenters. The summed E-state index contributed by atoms with van der Waals surface area (Å²) in [6.07, 6.45) is 0. The van der Waals surface area contributed by atoms with E-state index in [-0.39, 0.29) is 6.54 Å². The molecule has 1 saturated carbocycles. The fourth-order valence-corrected chi connectivity index (χ4v) is 3.83. The summed E-state index contributed by atoms with van der Waals surface area (Å²) in [5, 5.41) is 2.84. The van der Waals surface area contributed by atoms with Gasteiger partial charge >= 0.3 is 5.97 Å². The van der Waals surface area contributed by atoms with Crippen LogP contribution in [0.15, 0.2) is 48.5 Å². The summed E-state index contributed by atoms with van der Waals surface area (Å²) in [6, 6.07) is 14.5. The first-order chi connectivity index (χ1) is 12.0. The number of alkyl halides is 2. The zero-order chi connectivity index (χ0) is 17.8. The molecule has 0 bridgehead atoms. The number of nitrogens with two attached hydrogens (primary N) is 1. The van der Waals surface area contributed by atoms with Gasteiger partial charge in [0.25, 0.3) is 5.92 Å². The molecule has 3 aromatic rings. The first-order valence-corrected chi connectivity index (χ1v) is 8.11. The molecular weight excluding hydrogens is 324 g/mol. The van der Waals surface area contributed by atoms with E-state index in [0.717, 1.165) is 10.8 Å². The molecule has 0 heterocycles. The molecule has 5 heteroatoms. The van der Waals surface area contributed by atoms with Crippen LogP contribution < -0.4 is 5.73 Å². The maximum absolute atomic E-state index is 14.2. The number of carbonyl (C=O) groups excluding carboxylic acids is 1. The van der Waals surface area contributed by atoms with Gasteiger partial charge in [0.05, 0.1) is 18.6 Å². The van der Waals surface area contributed by atoms with Crippen molar-refractivity contribution >= 4 is 27.5 Å². The molecule has 0 aromatic heterocycles. The highest BCUT2D eigenvalue weighted by Gasteiger charge is 2.68. The zero-order valence-electron chi connectivity index (χ0n) is 13.6. The molecular formula is C20H17F2NO2. The fraction of sp³-hybridized carbons (Fsp3) is 0.250. The summed E-state index contributed by atoms with van der Waals surface area (Å²) < 4.78 is 33.4. The highest BCUT2D eigenvalue weighted by atomic mass is 19.3. The monoisotopic (exact) mass is 341 g/mol. The van der Waals surface area contributed by atoms with Crippen LogP contribution >= 0.6 is 0 Å². The van der Waals surface area contributed by atoms with Crippen molar-refractivity contribution in [3.63, 3.8) is 0 Å². The molecule has 0 aliphatic heterocycles. The summed E-state index contributed by atoms with van der Waals surface area (Å²) in [7, 11) is 1.30. The number of rotatable bonds is 3. The Morgan fingerprint density at radius 2 is 1.88 bits per heavy atom. The number of hydrogen-bond donors (Lipinski definition) is 1. The minimum atomic E-state index is -2.85. The fourth-order valence-electron chi connectivity index (χ4n) is 3.83. The number of esters is 1. The van der Waals surface area contributed by atoms with Crippen molar-refractivity contribution in [1.82, 2.24) is 0 Å². The van der Waals surface area contributed by atoms with Crippen molar-refractivity contribution in [2.45, 2.75) is 11.8 Å². The van der Waals surface area contributed by atoms with Gasteiger partial charge < -0.3 is 10.5 Å². The lowest BCUT2D eigenvalue weighted by Gasteiger charge is -2.14. The van der Waals surface area contributed by atoms with E-state index < -0.39 is 23.7 Å². The molecule has 1 fully saturated rings. The van der Waals surface area contributed by atoms with E-state index in [2.05, 4.69) is 0 Å². The number of halogens is 2. The standard InChI is InChI=1S/C20H17F2NO2/c1-25-19(24)17-13-7-3-2-5-11(13)9-12-6-4-8-14(16(12)17)18-15(10-23)20(18,21)22/h2-9,15,18H,10,23H2,1H3. The van der Waals surface area contributed by atoms with E-state index >= 15 is 0 Å². The normalized spacial score (nSPS) is 21.4. The molecule has 25 heavy (non-hydrogen) atoms. The summed E-state index contributed by atoms with van der Waals surface area (Å²) in [5.41, 5.74) is 6.32. The van der Waals surface area contributed by atoms with Crippen molar-refractivity contribution in [1.29, 1.82) is 0 Å². The van der Waals surface area contributed by atoms with Crippen molar-refractivity contribution in [3.05, 3.63) is 59.7 Å². The summed E-state index contributed by atoms with van der Waals surface area (Å²) in [4.78, 5) is 12.5. The Morgan fingerprint density at radius 1 is 1.16 bits per heavy atom. The van der Waals surface area contributed by atoms with Gasteiger partial charge in [0.15, 0.2) is 0 Å². The Morgan fingerprint density at radius 3 is 2.56 bits per heavy atom. The van der Waals surface area contributed by atoms with Crippen LogP contribution in [0.25, 0.3) is 21.5 Å². The van der Waals surface area contributed by atoms with Crippen LogP contribution in [-0.4, -0.2) is 25.5 Å². The number of ether oxygens (including phenoxy) is 1. The Bertz CT molecular complexity index is 1000. The molecule has 1 aliphatic rings. The van der Waals surface area contributed by atoms with Crippen LogP contribution in [0, 0.1) is 5.92 Å². The smallest absolute Gasteiger partial charge is 0.339 e. The van der Waals surface area contributed by atoms with Crippen molar-refractivity contribution in [2.75, 3.05) is 13.7 Å². The minimum absolute atomic E-state index is 0.0881. The van der Waals surface area contributed by atoms with Gasteiger partial charge in [-0.2, -0.15) is 0 Å². The molecule has 4 rings (SSSR count). The Balaban J connectivity index is 2.10. The minimum Gasteiger partial charge on any atom is -0.465 e. The van der Waals surface area contributed by atoms with Crippen LogP contribution in [0.4, 0.5) is 8.78 Å². The van der Waals surface area contributed by atoms with Gasteiger partial charge in [0.1, 0.15) is 0 Å². The average molecular weight is 341 g/mol. The van der Waals surface area contributed by atoms with Gasteiger partial charge in [-0.1, -0.05) is 42.5 Å². The van der Waals surface area contributed by atoms with Crippen molar-refractivity contribution in [2.24, 2.45) is 11.7 Å². The molecule has 2 atom stereocenters. The molecule has 3 nitrogen and oxygen atoms in total. The molecule has 3 aromatic carbocycles. The molecule has 1 aliphatic carbocycles. The van der Waals surface area contributed by atoms with E-state index in [1.165, 1.54) is 7.11 Å².